The Labute approximate surface area is 164 Å². The zero-order chi connectivity index (χ0) is 19.2. The summed E-state index contributed by atoms with van der Waals surface area (Å²) in [5.74, 6) is 0. The normalized spacial score (nSPS) is 12.1. The highest BCUT2D eigenvalue weighted by Crippen LogP contribution is 2.18. The van der Waals surface area contributed by atoms with Crippen molar-refractivity contribution < 1.29 is 0 Å². The third-order valence-corrected chi connectivity index (χ3v) is 4.57. The fourth-order valence-corrected chi connectivity index (χ4v) is 3.21. The lowest BCUT2D eigenvalue weighted by Crippen LogP contribution is -2.33. The predicted octanol–water partition coefficient (Wildman–Crippen LogP) is 3.82. The molecule has 0 saturated carbocycles. The minimum absolute atomic E-state index is 0.102. The summed E-state index contributed by atoms with van der Waals surface area (Å²) in [4.78, 5) is 14.8. The summed E-state index contributed by atoms with van der Waals surface area (Å²) in [6, 6.07) is 19.7. The lowest BCUT2D eigenvalue weighted by molar-refractivity contribution is 0.316. The van der Waals surface area contributed by atoms with E-state index in [1.54, 1.807) is 6.20 Å². The molecule has 0 aliphatic rings. The number of nitrogens with one attached hydrogen (secondary N) is 1. The van der Waals surface area contributed by atoms with Crippen LogP contribution in [0.2, 0.25) is 5.02 Å². The molecule has 0 radical (unpaired) electrons. The third-order valence-electron chi connectivity index (χ3n) is 4.20. The number of aromatic nitrogens is 2. The third kappa shape index (κ3) is 4.96. The average molecular weight is 383 g/mol. The molecule has 0 aliphatic carbocycles. The molecule has 0 aliphatic heterocycles. The first-order chi connectivity index (χ1) is 13.0. The second-order valence-electron chi connectivity index (χ2n) is 6.65. The van der Waals surface area contributed by atoms with E-state index in [0.717, 1.165) is 13.1 Å². The van der Waals surface area contributed by atoms with E-state index >= 15 is 0 Å². The van der Waals surface area contributed by atoms with Crippen LogP contribution in [0.1, 0.15) is 12.5 Å². The molecule has 0 fully saturated rings. The maximum Gasteiger partial charge on any atom is 0.292 e. The largest absolute Gasteiger partial charge is 0.379 e. The molecule has 0 bridgehead atoms. The molecule has 6 heteroatoms. The number of hydrogen-bond donors (Lipinski definition) is 1. The van der Waals surface area contributed by atoms with Gasteiger partial charge in [0.2, 0.25) is 0 Å². The van der Waals surface area contributed by atoms with E-state index in [2.05, 4.69) is 41.4 Å². The lowest BCUT2D eigenvalue weighted by Gasteiger charge is -2.23. The first kappa shape index (κ1) is 19.1. The standard InChI is InChI=1S/C21H23ClN4O/c1-16(14-25(2)15-17-9-5-3-6-10-17)24-19-13-23-26(21(27)20(19)22)18-11-7-4-8-12-18/h3-13,16,24H,14-15H2,1-2H3. The fraction of sp³-hybridized carbons (Fsp3) is 0.238. The quantitative estimate of drug-likeness (QED) is 0.675. The SMILES string of the molecule is CC(CN(C)Cc1ccccc1)Nc1cnn(-c2ccccc2)c(=O)c1Cl. The van der Waals surface area contributed by atoms with Crippen LogP contribution in [0.4, 0.5) is 5.69 Å². The molecule has 3 aromatic rings. The van der Waals surface area contributed by atoms with Crippen LogP contribution in [-0.4, -0.2) is 34.3 Å². The van der Waals surface area contributed by atoms with Gasteiger partial charge in [-0.25, -0.2) is 0 Å². The Kier molecular flexibility index (Phi) is 6.27. The van der Waals surface area contributed by atoms with Crippen molar-refractivity contribution in [3.63, 3.8) is 0 Å². The van der Waals surface area contributed by atoms with Crippen molar-refractivity contribution in [1.82, 2.24) is 14.7 Å². The van der Waals surface area contributed by atoms with Gasteiger partial charge in [0.25, 0.3) is 5.56 Å². The summed E-state index contributed by atoms with van der Waals surface area (Å²) in [5, 5.41) is 7.69. The highest BCUT2D eigenvalue weighted by molar-refractivity contribution is 6.32. The summed E-state index contributed by atoms with van der Waals surface area (Å²) in [7, 11) is 2.07. The van der Waals surface area contributed by atoms with E-state index in [1.807, 2.05) is 48.5 Å². The predicted molar refractivity (Wildman–Crippen MR) is 111 cm³/mol. The lowest BCUT2D eigenvalue weighted by atomic mass is 10.2. The molecule has 0 amide bonds. The molecule has 1 unspecified atom stereocenters. The van der Waals surface area contributed by atoms with Crippen molar-refractivity contribution in [2.24, 2.45) is 0 Å². The Balaban J connectivity index is 1.66. The van der Waals surface area contributed by atoms with E-state index in [-0.39, 0.29) is 16.6 Å². The Morgan fingerprint density at radius 2 is 1.74 bits per heavy atom. The minimum atomic E-state index is -0.335. The number of anilines is 1. The van der Waals surface area contributed by atoms with E-state index in [4.69, 9.17) is 11.6 Å². The Morgan fingerprint density at radius 3 is 2.41 bits per heavy atom. The molecule has 3 rings (SSSR count). The van der Waals surface area contributed by atoms with Crippen LogP contribution in [0.3, 0.4) is 0 Å². The van der Waals surface area contributed by atoms with Gasteiger partial charge >= 0.3 is 0 Å². The molecule has 1 N–H and O–H groups in total. The van der Waals surface area contributed by atoms with Crippen molar-refractivity contribution in [1.29, 1.82) is 0 Å². The number of para-hydroxylation sites is 1. The molecular weight excluding hydrogens is 360 g/mol. The topological polar surface area (TPSA) is 50.2 Å². The van der Waals surface area contributed by atoms with E-state index < -0.39 is 0 Å². The highest BCUT2D eigenvalue weighted by Gasteiger charge is 2.13. The van der Waals surface area contributed by atoms with Gasteiger partial charge < -0.3 is 10.2 Å². The van der Waals surface area contributed by atoms with E-state index in [9.17, 15) is 4.79 Å². The fourth-order valence-electron chi connectivity index (χ4n) is 3.02. The van der Waals surface area contributed by atoms with Crippen molar-refractivity contribution in [3.05, 3.63) is 87.8 Å². The molecule has 1 aromatic heterocycles. The molecule has 0 spiro atoms. The van der Waals surface area contributed by atoms with Gasteiger partial charge in [-0.2, -0.15) is 9.78 Å². The first-order valence-corrected chi connectivity index (χ1v) is 9.24. The van der Waals surface area contributed by atoms with Gasteiger partial charge in [-0.05, 0) is 31.7 Å². The second-order valence-corrected chi connectivity index (χ2v) is 7.03. The number of nitrogens with zero attached hydrogens (tertiary/aromatic N) is 3. The summed E-state index contributed by atoms with van der Waals surface area (Å²) in [6.07, 6.45) is 1.60. The monoisotopic (exact) mass is 382 g/mol. The number of rotatable bonds is 7. The van der Waals surface area contributed by atoms with Gasteiger partial charge in [0.15, 0.2) is 0 Å². The molecule has 140 valence electrons. The van der Waals surface area contributed by atoms with Crippen molar-refractivity contribution in [3.8, 4) is 5.69 Å². The van der Waals surface area contributed by atoms with Crippen molar-refractivity contribution >= 4 is 17.3 Å². The average Bonchev–Trinajstić information content (AvgIpc) is 2.67. The molecule has 1 heterocycles. The number of benzene rings is 2. The Bertz CT molecular complexity index is 928. The van der Waals surface area contributed by atoms with Crippen molar-refractivity contribution in [2.45, 2.75) is 19.5 Å². The summed E-state index contributed by atoms with van der Waals surface area (Å²) in [6.45, 7) is 3.71. The molecule has 5 nitrogen and oxygen atoms in total. The highest BCUT2D eigenvalue weighted by atomic mass is 35.5. The maximum absolute atomic E-state index is 12.6. The molecular formula is C21H23ClN4O. The Hall–Kier alpha value is -2.63. The summed E-state index contributed by atoms with van der Waals surface area (Å²) < 4.78 is 1.31. The molecule has 1 atom stereocenters. The maximum atomic E-state index is 12.6. The van der Waals surface area contributed by atoms with Gasteiger partial charge in [0.05, 0.1) is 17.6 Å². The molecule has 0 saturated heterocycles. The van der Waals surface area contributed by atoms with Gasteiger partial charge in [0.1, 0.15) is 5.02 Å². The number of hydrogen-bond acceptors (Lipinski definition) is 4. The van der Waals surface area contributed by atoms with Crippen LogP contribution >= 0.6 is 11.6 Å². The summed E-state index contributed by atoms with van der Waals surface area (Å²) >= 11 is 6.31. The van der Waals surface area contributed by atoms with E-state index in [1.165, 1.54) is 10.2 Å². The zero-order valence-electron chi connectivity index (χ0n) is 15.5. The first-order valence-electron chi connectivity index (χ1n) is 8.87. The van der Waals surface area contributed by atoms with Crippen LogP contribution in [0.25, 0.3) is 5.69 Å². The number of likely N-dealkylation sites (N-methyl/N-ethyl adjacent to an activating group) is 1. The second kappa shape index (κ2) is 8.84. The van der Waals surface area contributed by atoms with E-state index in [0.29, 0.717) is 11.4 Å². The van der Waals surface area contributed by atoms with Crippen LogP contribution in [0.15, 0.2) is 71.7 Å². The van der Waals surface area contributed by atoms with Gasteiger partial charge in [-0.3, -0.25) is 4.79 Å². The van der Waals surface area contributed by atoms with Crippen molar-refractivity contribution in [2.75, 3.05) is 18.9 Å². The smallest absolute Gasteiger partial charge is 0.292 e. The molecule has 27 heavy (non-hydrogen) atoms. The van der Waals surface area contributed by atoms with Gasteiger partial charge in [0, 0.05) is 19.1 Å². The van der Waals surface area contributed by atoms with Crippen LogP contribution < -0.4 is 10.9 Å². The Morgan fingerprint density at radius 1 is 1.11 bits per heavy atom. The van der Waals surface area contributed by atoms with Crippen LogP contribution in [0.5, 0.6) is 0 Å². The zero-order valence-corrected chi connectivity index (χ0v) is 16.2. The number of halogens is 1. The molecule has 2 aromatic carbocycles. The summed E-state index contributed by atoms with van der Waals surface area (Å²) in [5.41, 5.74) is 2.16. The van der Waals surface area contributed by atoms with Crippen LogP contribution in [-0.2, 0) is 6.54 Å². The van der Waals surface area contributed by atoms with Gasteiger partial charge in [-0.1, -0.05) is 60.1 Å². The minimum Gasteiger partial charge on any atom is -0.379 e. The van der Waals surface area contributed by atoms with Crippen LogP contribution in [0, 0.1) is 0 Å². The van der Waals surface area contributed by atoms with Gasteiger partial charge in [-0.15, -0.1) is 0 Å².